The Morgan fingerprint density at radius 1 is 1.30 bits per heavy atom. The number of rotatable bonds is 3. The van der Waals surface area contributed by atoms with E-state index in [2.05, 4.69) is 5.32 Å². The van der Waals surface area contributed by atoms with Crippen molar-refractivity contribution in [1.82, 2.24) is 0 Å². The van der Waals surface area contributed by atoms with Crippen molar-refractivity contribution in [1.29, 1.82) is 0 Å². The van der Waals surface area contributed by atoms with E-state index in [0.29, 0.717) is 17.0 Å². The summed E-state index contributed by atoms with van der Waals surface area (Å²) in [5.41, 5.74) is 7.39. The Morgan fingerprint density at radius 2 is 2.05 bits per heavy atom. The molecule has 1 amide bonds. The molecule has 0 aliphatic carbocycles. The van der Waals surface area contributed by atoms with Crippen LogP contribution in [0, 0.1) is 12.7 Å². The van der Waals surface area contributed by atoms with Gasteiger partial charge in [0.1, 0.15) is 11.6 Å². The Balaban J connectivity index is 2.30. The van der Waals surface area contributed by atoms with Gasteiger partial charge in [-0.15, -0.1) is 0 Å². The molecule has 2 aromatic rings. The van der Waals surface area contributed by atoms with Crippen LogP contribution in [0.25, 0.3) is 0 Å². The largest absolute Gasteiger partial charge is 0.497 e. The minimum absolute atomic E-state index is 0.0512. The molecule has 0 saturated carbocycles. The van der Waals surface area contributed by atoms with E-state index in [1.807, 2.05) is 0 Å². The van der Waals surface area contributed by atoms with Crippen LogP contribution in [0.1, 0.15) is 15.9 Å². The molecule has 0 saturated heterocycles. The molecule has 0 unspecified atom stereocenters. The van der Waals surface area contributed by atoms with E-state index in [1.54, 1.807) is 25.1 Å². The van der Waals surface area contributed by atoms with Gasteiger partial charge in [0, 0.05) is 11.8 Å². The number of halogens is 1. The van der Waals surface area contributed by atoms with Crippen LogP contribution in [0.2, 0.25) is 0 Å². The molecule has 0 aliphatic heterocycles. The first-order chi connectivity index (χ1) is 9.52. The number of hydrogen-bond acceptors (Lipinski definition) is 3. The third kappa shape index (κ3) is 2.71. The molecule has 0 spiro atoms. The summed E-state index contributed by atoms with van der Waals surface area (Å²) in [6.07, 6.45) is 0. The predicted octanol–water partition coefficient (Wildman–Crippen LogP) is 2.98. The molecule has 0 fully saturated rings. The van der Waals surface area contributed by atoms with Gasteiger partial charge < -0.3 is 15.8 Å². The lowest BCUT2D eigenvalue weighted by Gasteiger charge is -2.11. The van der Waals surface area contributed by atoms with E-state index in [4.69, 9.17) is 10.5 Å². The normalized spacial score (nSPS) is 10.2. The number of benzene rings is 2. The first-order valence-electron chi connectivity index (χ1n) is 6.03. The molecular formula is C15H15FN2O2. The Hall–Kier alpha value is -2.56. The first kappa shape index (κ1) is 13.9. The van der Waals surface area contributed by atoms with Crippen LogP contribution in [0.3, 0.4) is 0 Å². The number of amides is 1. The maximum atomic E-state index is 13.7. The highest BCUT2D eigenvalue weighted by Crippen LogP contribution is 2.23. The Kier molecular flexibility index (Phi) is 3.89. The molecule has 5 heteroatoms. The second-order valence-corrected chi connectivity index (χ2v) is 4.34. The summed E-state index contributed by atoms with van der Waals surface area (Å²) >= 11 is 0. The number of carbonyl (C=O) groups is 1. The van der Waals surface area contributed by atoms with Crippen LogP contribution in [0.4, 0.5) is 15.8 Å². The molecule has 0 heterocycles. The Morgan fingerprint density at radius 3 is 2.75 bits per heavy atom. The van der Waals surface area contributed by atoms with Crippen molar-refractivity contribution >= 4 is 17.3 Å². The Labute approximate surface area is 116 Å². The monoisotopic (exact) mass is 274 g/mol. The van der Waals surface area contributed by atoms with E-state index < -0.39 is 11.7 Å². The summed E-state index contributed by atoms with van der Waals surface area (Å²) in [4.78, 5) is 12.1. The highest BCUT2D eigenvalue weighted by Gasteiger charge is 2.13. The summed E-state index contributed by atoms with van der Waals surface area (Å²) in [6, 6.07) is 9.25. The molecule has 4 nitrogen and oxygen atoms in total. The average Bonchev–Trinajstić information content (AvgIpc) is 2.44. The van der Waals surface area contributed by atoms with Gasteiger partial charge in [-0.05, 0) is 30.7 Å². The van der Waals surface area contributed by atoms with Crippen molar-refractivity contribution < 1.29 is 13.9 Å². The summed E-state index contributed by atoms with van der Waals surface area (Å²) in [7, 11) is 1.47. The van der Waals surface area contributed by atoms with Gasteiger partial charge in [0.15, 0.2) is 0 Å². The lowest BCUT2D eigenvalue weighted by atomic mass is 10.1. The molecule has 0 bridgehead atoms. The summed E-state index contributed by atoms with van der Waals surface area (Å²) < 4.78 is 18.7. The van der Waals surface area contributed by atoms with E-state index in [-0.39, 0.29) is 5.69 Å². The maximum Gasteiger partial charge on any atom is 0.257 e. The SMILES string of the molecule is COc1ccc(F)c(NC(=O)c2cccc(C)c2N)c1. The molecule has 2 rings (SSSR count). The van der Waals surface area contributed by atoms with Crippen LogP contribution in [0.15, 0.2) is 36.4 Å². The number of nitrogen functional groups attached to an aromatic ring is 1. The number of carbonyl (C=O) groups excluding carboxylic acids is 1. The number of methoxy groups -OCH3 is 1. The van der Waals surface area contributed by atoms with Crippen molar-refractivity contribution in [2.24, 2.45) is 0 Å². The van der Waals surface area contributed by atoms with Crippen molar-refractivity contribution in [2.75, 3.05) is 18.2 Å². The number of para-hydroxylation sites is 1. The van der Waals surface area contributed by atoms with Gasteiger partial charge >= 0.3 is 0 Å². The fourth-order valence-corrected chi connectivity index (χ4v) is 1.80. The third-order valence-corrected chi connectivity index (χ3v) is 2.99. The quantitative estimate of drug-likeness (QED) is 0.846. The smallest absolute Gasteiger partial charge is 0.257 e. The van der Waals surface area contributed by atoms with Crippen molar-refractivity contribution in [3.8, 4) is 5.75 Å². The average molecular weight is 274 g/mol. The zero-order chi connectivity index (χ0) is 14.7. The first-order valence-corrected chi connectivity index (χ1v) is 6.03. The van der Waals surface area contributed by atoms with Gasteiger partial charge in [-0.25, -0.2) is 4.39 Å². The third-order valence-electron chi connectivity index (χ3n) is 2.99. The van der Waals surface area contributed by atoms with E-state index in [0.717, 1.165) is 5.56 Å². The van der Waals surface area contributed by atoms with Crippen LogP contribution in [-0.2, 0) is 0 Å². The van der Waals surface area contributed by atoms with Gasteiger partial charge in [-0.3, -0.25) is 4.79 Å². The maximum absolute atomic E-state index is 13.7. The molecule has 2 aromatic carbocycles. The van der Waals surface area contributed by atoms with Crippen LogP contribution in [-0.4, -0.2) is 13.0 Å². The molecule has 0 aliphatic rings. The molecule has 0 atom stereocenters. The summed E-state index contributed by atoms with van der Waals surface area (Å²) in [6.45, 7) is 1.80. The zero-order valence-electron chi connectivity index (χ0n) is 11.2. The highest BCUT2D eigenvalue weighted by atomic mass is 19.1. The molecule has 0 radical (unpaired) electrons. The minimum atomic E-state index is -0.537. The van der Waals surface area contributed by atoms with E-state index >= 15 is 0 Å². The van der Waals surface area contributed by atoms with E-state index in [9.17, 15) is 9.18 Å². The minimum Gasteiger partial charge on any atom is -0.497 e. The van der Waals surface area contributed by atoms with Crippen molar-refractivity contribution in [3.05, 3.63) is 53.3 Å². The van der Waals surface area contributed by atoms with Gasteiger partial charge in [0.05, 0.1) is 18.4 Å². The van der Waals surface area contributed by atoms with Crippen LogP contribution >= 0.6 is 0 Å². The second-order valence-electron chi connectivity index (χ2n) is 4.34. The van der Waals surface area contributed by atoms with Gasteiger partial charge in [0.25, 0.3) is 5.91 Å². The molecular weight excluding hydrogens is 259 g/mol. The summed E-state index contributed by atoms with van der Waals surface area (Å²) in [5.74, 6) is -0.539. The zero-order valence-corrected chi connectivity index (χ0v) is 11.2. The second kappa shape index (κ2) is 5.61. The van der Waals surface area contributed by atoms with Crippen LogP contribution in [0.5, 0.6) is 5.75 Å². The molecule has 0 aromatic heterocycles. The lowest BCUT2D eigenvalue weighted by molar-refractivity contribution is 0.102. The predicted molar refractivity (Wildman–Crippen MR) is 76.5 cm³/mol. The molecule has 3 N–H and O–H groups in total. The fraction of sp³-hybridized carbons (Fsp3) is 0.133. The topological polar surface area (TPSA) is 64.3 Å². The highest BCUT2D eigenvalue weighted by molar-refractivity contribution is 6.08. The number of nitrogens with one attached hydrogen (secondary N) is 1. The number of hydrogen-bond donors (Lipinski definition) is 2. The fourth-order valence-electron chi connectivity index (χ4n) is 1.80. The lowest BCUT2D eigenvalue weighted by Crippen LogP contribution is -2.15. The van der Waals surface area contributed by atoms with Gasteiger partial charge in [0.2, 0.25) is 0 Å². The number of aryl methyl sites for hydroxylation is 1. The number of ether oxygens (including phenoxy) is 1. The Bertz CT molecular complexity index is 656. The molecule has 104 valence electrons. The van der Waals surface area contributed by atoms with Gasteiger partial charge in [-0.2, -0.15) is 0 Å². The molecule has 20 heavy (non-hydrogen) atoms. The van der Waals surface area contributed by atoms with Crippen molar-refractivity contribution in [2.45, 2.75) is 6.92 Å². The van der Waals surface area contributed by atoms with Gasteiger partial charge in [-0.1, -0.05) is 12.1 Å². The summed E-state index contributed by atoms with van der Waals surface area (Å²) in [5, 5.41) is 2.50. The number of nitrogens with two attached hydrogens (primary N) is 1. The van der Waals surface area contributed by atoms with E-state index in [1.165, 1.54) is 25.3 Å². The van der Waals surface area contributed by atoms with Crippen molar-refractivity contribution in [3.63, 3.8) is 0 Å². The van der Waals surface area contributed by atoms with Crippen LogP contribution < -0.4 is 15.8 Å². The number of anilines is 2. The standard InChI is InChI=1S/C15H15FN2O2/c1-9-4-3-5-11(14(9)17)15(19)18-13-8-10(20-2)6-7-12(13)16/h3-8H,17H2,1-2H3,(H,18,19).